The molecule has 2 unspecified atom stereocenters. The highest BCUT2D eigenvalue weighted by Crippen LogP contribution is 2.25. The number of halogens is 1. The summed E-state index contributed by atoms with van der Waals surface area (Å²) in [6.45, 7) is 0. The lowest BCUT2D eigenvalue weighted by molar-refractivity contribution is 0.144. The molecule has 1 heterocycles. The fourth-order valence-corrected chi connectivity index (χ4v) is 2.42. The number of hydrogen-bond donors (Lipinski definition) is 3. The van der Waals surface area contributed by atoms with Crippen LogP contribution < -0.4 is 11.1 Å². The van der Waals surface area contributed by atoms with Gasteiger partial charge in [-0.1, -0.05) is 30.9 Å². The van der Waals surface area contributed by atoms with Crippen molar-refractivity contribution in [1.29, 1.82) is 0 Å². The third-order valence-electron chi connectivity index (χ3n) is 3.16. The number of rotatable bonds is 2. The fraction of sp³-hybridized carbons (Fsp3) is 0.583. The quantitative estimate of drug-likeness (QED) is 0.710. The Kier molecular flexibility index (Phi) is 4.07. The van der Waals surface area contributed by atoms with Crippen molar-refractivity contribution in [2.75, 3.05) is 11.1 Å². The van der Waals surface area contributed by atoms with Crippen LogP contribution in [0.2, 0.25) is 5.02 Å². The molecule has 0 bridgehead atoms. The van der Waals surface area contributed by atoms with Gasteiger partial charge >= 0.3 is 0 Å². The molecule has 0 radical (unpaired) electrons. The average Bonchev–Trinajstić information content (AvgIpc) is 2.48. The normalized spacial score (nSPS) is 25.3. The van der Waals surface area contributed by atoms with E-state index in [4.69, 9.17) is 17.3 Å². The number of pyridine rings is 1. The van der Waals surface area contributed by atoms with Gasteiger partial charge in [0.2, 0.25) is 0 Å². The predicted octanol–water partition coefficient (Wildman–Crippen LogP) is 2.42. The molecule has 1 aliphatic carbocycles. The molecule has 0 amide bonds. The Labute approximate surface area is 106 Å². The lowest BCUT2D eigenvalue weighted by atomic mass is 10.1. The Morgan fingerprint density at radius 2 is 2.12 bits per heavy atom. The van der Waals surface area contributed by atoms with Crippen molar-refractivity contribution in [1.82, 2.24) is 4.98 Å². The third-order valence-corrected chi connectivity index (χ3v) is 3.45. The van der Waals surface area contributed by atoms with Crippen LogP contribution in [0, 0.1) is 0 Å². The minimum atomic E-state index is -0.326. The topological polar surface area (TPSA) is 71.2 Å². The Morgan fingerprint density at radius 1 is 1.35 bits per heavy atom. The van der Waals surface area contributed by atoms with E-state index in [9.17, 15) is 5.11 Å². The fourth-order valence-electron chi connectivity index (χ4n) is 2.19. The van der Waals surface area contributed by atoms with E-state index in [1.807, 2.05) is 0 Å². The van der Waals surface area contributed by atoms with Gasteiger partial charge in [0.1, 0.15) is 5.82 Å². The SMILES string of the molecule is Nc1cnc(NC2CCCCCC2O)c(Cl)c1. The van der Waals surface area contributed by atoms with Crippen LogP contribution in [0.4, 0.5) is 11.5 Å². The Balaban J connectivity index is 2.08. The highest BCUT2D eigenvalue weighted by molar-refractivity contribution is 6.33. The predicted molar refractivity (Wildman–Crippen MR) is 70.2 cm³/mol. The van der Waals surface area contributed by atoms with E-state index in [-0.39, 0.29) is 12.1 Å². The summed E-state index contributed by atoms with van der Waals surface area (Å²) in [6, 6.07) is 1.70. The second-order valence-corrected chi connectivity index (χ2v) is 4.96. The van der Waals surface area contributed by atoms with E-state index >= 15 is 0 Å². The molecular weight excluding hydrogens is 238 g/mol. The van der Waals surface area contributed by atoms with Gasteiger partial charge < -0.3 is 16.2 Å². The molecule has 2 atom stereocenters. The minimum absolute atomic E-state index is 0.0334. The van der Waals surface area contributed by atoms with Gasteiger partial charge in [0.05, 0.1) is 29.1 Å². The molecule has 0 aromatic carbocycles. The molecule has 1 aliphatic rings. The van der Waals surface area contributed by atoms with Crippen molar-refractivity contribution >= 4 is 23.1 Å². The molecule has 1 aromatic heterocycles. The lowest BCUT2D eigenvalue weighted by Gasteiger charge is -2.22. The maximum Gasteiger partial charge on any atom is 0.145 e. The number of nitrogens with two attached hydrogens (primary N) is 1. The first-order valence-electron chi connectivity index (χ1n) is 6.02. The van der Waals surface area contributed by atoms with Crippen LogP contribution in [0.25, 0.3) is 0 Å². The molecule has 17 heavy (non-hydrogen) atoms. The summed E-state index contributed by atoms with van der Waals surface area (Å²) < 4.78 is 0. The maximum absolute atomic E-state index is 10.00. The first-order valence-corrected chi connectivity index (χ1v) is 6.40. The maximum atomic E-state index is 10.00. The van der Waals surface area contributed by atoms with Crippen LogP contribution in [0.15, 0.2) is 12.3 Å². The molecule has 94 valence electrons. The van der Waals surface area contributed by atoms with Crippen molar-refractivity contribution in [2.45, 2.75) is 44.2 Å². The molecule has 0 saturated heterocycles. The Bertz CT molecular complexity index is 386. The summed E-state index contributed by atoms with van der Waals surface area (Å²) >= 11 is 6.05. The number of nitrogens with one attached hydrogen (secondary N) is 1. The number of aliphatic hydroxyl groups is 1. The molecule has 1 saturated carbocycles. The molecule has 0 spiro atoms. The van der Waals surface area contributed by atoms with E-state index in [0.717, 1.165) is 25.7 Å². The van der Waals surface area contributed by atoms with Gasteiger partial charge in [-0.15, -0.1) is 0 Å². The molecule has 5 heteroatoms. The zero-order chi connectivity index (χ0) is 12.3. The van der Waals surface area contributed by atoms with Crippen molar-refractivity contribution in [2.24, 2.45) is 0 Å². The second-order valence-electron chi connectivity index (χ2n) is 4.56. The van der Waals surface area contributed by atoms with Gasteiger partial charge in [-0.05, 0) is 18.9 Å². The number of anilines is 2. The van der Waals surface area contributed by atoms with Gasteiger partial charge in [0, 0.05) is 0 Å². The zero-order valence-corrected chi connectivity index (χ0v) is 10.5. The minimum Gasteiger partial charge on any atom is -0.397 e. The smallest absolute Gasteiger partial charge is 0.145 e. The number of aliphatic hydroxyl groups excluding tert-OH is 1. The van der Waals surface area contributed by atoms with Crippen LogP contribution in [-0.4, -0.2) is 22.2 Å². The molecule has 0 aliphatic heterocycles. The van der Waals surface area contributed by atoms with E-state index in [0.29, 0.717) is 16.5 Å². The standard InChI is InChI=1S/C12H18ClN3O/c13-9-6-8(14)7-15-12(9)16-10-4-2-1-3-5-11(10)17/h6-7,10-11,17H,1-5,14H2,(H,15,16). The summed E-state index contributed by atoms with van der Waals surface area (Å²) in [4.78, 5) is 4.16. The third kappa shape index (κ3) is 3.23. The van der Waals surface area contributed by atoms with Gasteiger partial charge in [0.15, 0.2) is 0 Å². The summed E-state index contributed by atoms with van der Waals surface area (Å²) in [6.07, 6.45) is 6.42. The van der Waals surface area contributed by atoms with Gasteiger partial charge in [-0.2, -0.15) is 0 Å². The monoisotopic (exact) mass is 255 g/mol. The molecular formula is C12H18ClN3O. The molecule has 4 nitrogen and oxygen atoms in total. The molecule has 1 fully saturated rings. The summed E-state index contributed by atoms with van der Waals surface area (Å²) in [5.74, 6) is 0.604. The van der Waals surface area contributed by atoms with Gasteiger partial charge in [-0.3, -0.25) is 0 Å². The van der Waals surface area contributed by atoms with Crippen molar-refractivity contribution in [3.05, 3.63) is 17.3 Å². The molecule has 2 rings (SSSR count). The van der Waals surface area contributed by atoms with Crippen LogP contribution in [0.3, 0.4) is 0 Å². The summed E-state index contributed by atoms with van der Waals surface area (Å²) in [7, 11) is 0. The van der Waals surface area contributed by atoms with Crippen molar-refractivity contribution in [3.8, 4) is 0 Å². The number of aromatic nitrogens is 1. The van der Waals surface area contributed by atoms with Crippen molar-refractivity contribution in [3.63, 3.8) is 0 Å². The number of nitrogen functional groups attached to an aromatic ring is 1. The van der Waals surface area contributed by atoms with Crippen molar-refractivity contribution < 1.29 is 5.11 Å². The van der Waals surface area contributed by atoms with Crippen LogP contribution in [0.1, 0.15) is 32.1 Å². The van der Waals surface area contributed by atoms with Gasteiger partial charge in [-0.25, -0.2) is 4.98 Å². The number of hydrogen-bond acceptors (Lipinski definition) is 4. The highest BCUT2D eigenvalue weighted by atomic mass is 35.5. The van der Waals surface area contributed by atoms with Crippen LogP contribution in [0.5, 0.6) is 0 Å². The first-order chi connectivity index (χ1) is 8.16. The van der Waals surface area contributed by atoms with Gasteiger partial charge in [0.25, 0.3) is 0 Å². The Hall–Kier alpha value is -1.00. The average molecular weight is 256 g/mol. The molecule has 1 aromatic rings. The van der Waals surface area contributed by atoms with Crippen LogP contribution in [-0.2, 0) is 0 Å². The van der Waals surface area contributed by atoms with E-state index in [1.165, 1.54) is 6.42 Å². The lowest BCUT2D eigenvalue weighted by Crippen LogP contribution is -2.32. The van der Waals surface area contributed by atoms with E-state index in [1.54, 1.807) is 12.3 Å². The first kappa shape index (κ1) is 12.5. The molecule has 4 N–H and O–H groups in total. The van der Waals surface area contributed by atoms with E-state index in [2.05, 4.69) is 10.3 Å². The van der Waals surface area contributed by atoms with Crippen LogP contribution >= 0.6 is 11.6 Å². The zero-order valence-electron chi connectivity index (χ0n) is 9.69. The largest absolute Gasteiger partial charge is 0.397 e. The van der Waals surface area contributed by atoms with E-state index < -0.39 is 0 Å². The second kappa shape index (κ2) is 5.56. The highest BCUT2D eigenvalue weighted by Gasteiger charge is 2.22. The summed E-state index contributed by atoms with van der Waals surface area (Å²) in [5.41, 5.74) is 6.13. The summed E-state index contributed by atoms with van der Waals surface area (Å²) in [5, 5.41) is 13.7. The number of nitrogens with zero attached hydrogens (tertiary/aromatic N) is 1. The Morgan fingerprint density at radius 3 is 2.88 bits per heavy atom.